The van der Waals surface area contributed by atoms with Gasteiger partial charge in [-0.15, -0.1) is 0 Å². The molecule has 0 saturated carbocycles. The third-order valence-electron chi connectivity index (χ3n) is 6.59. The van der Waals surface area contributed by atoms with Crippen molar-refractivity contribution >= 4 is 25.8 Å². The van der Waals surface area contributed by atoms with Gasteiger partial charge in [0.2, 0.25) is 20.0 Å². The summed E-state index contributed by atoms with van der Waals surface area (Å²) in [5.74, 6) is 0. The maximum atomic E-state index is 13.0. The number of nitrogens with one attached hydrogen (secondary N) is 2. The van der Waals surface area contributed by atoms with Crippen molar-refractivity contribution in [2.24, 2.45) is 5.16 Å². The summed E-state index contributed by atoms with van der Waals surface area (Å²) < 4.78 is 68.0. The molecule has 0 unspecified atom stereocenters. The number of hydrogen-bond donors (Lipinski definition) is 3. The van der Waals surface area contributed by atoms with Gasteiger partial charge in [-0.1, -0.05) is 17.3 Å². The largest absolute Gasteiger partial charge is 0.410 e. The molecule has 188 valence electrons. The predicted octanol–water partition coefficient (Wildman–Crippen LogP) is 1.81. The monoisotopic (exact) mass is 521 g/mol. The molecule has 2 aliphatic heterocycles. The van der Waals surface area contributed by atoms with Gasteiger partial charge in [-0.3, -0.25) is 0 Å². The van der Waals surface area contributed by atoms with Crippen LogP contribution in [0.5, 0.6) is 0 Å². The Labute approximate surface area is 204 Å². The highest BCUT2D eigenvalue weighted by Gasteiger charge is 2.31. The molecule has 0 radical (unpaired) electrons. The molecule has 10 nitrogen and oxygen atoms in total. The fraction of sp³-hybridized carbons (Fsp3) is 0.435. The van der Waals surface area contributed by atoms with Crippen LogP contribution in [0.25, 0.3) is 11.1 Å². The molecule has 0 bridgehead atoms. The maximum Gasteiger partial charge on any atom is 0.240 e. The second-order valence-corrected chi connectivity index (χ2v) is 12.3. The van der Waals surface area contributed by atoms with E-state index >= 15 is 0 Å². The third-order valence-corrected chi connectivity index (χ3v) is 9.63. The van der Waals surface area contributed by atoms with Gasteiger partial charge in [-0.2, -0.15) is 0 Å². The van der Waals surface area contributed by atoms with Crippen LogP contribution in [0.1, 0.15) is 36.8 Å². The minimum Gasteiger partial charge on any atom is -0.410 e. The molecule has 2 aromatic rings. The predicted molar refractivity (Wildman–Crippen MR) is 128 cm³/mol. The average molecular weight is 522 g/mol. The molecular weight excluding hydrogens is 494 g/mol. The van der Waals surface area contributed by atoms with Crippen LogP contribution < -0.4 is 9.44 Å². The van der Waals surface area contributed by atoms with Crippen LogP contribution in [0.2, 0.25) is 0 Å². The Bertz CT molecular complexity index is 1260. The summed E-state index contributed by atoms with van der Waals surface area (Å²) in [6, 6.07) is 8.81. The average Bonchev–Trinajstić information content (AvgIpc) is 3.17. The standard InChI is InChI=1S/C23H27N3O7S2/c27-24-23-21-13-17(34(28,29)25-15-5-9-32-10-6-15)1-3-19(21)20-4-2-18(14-22(20)23)35(30,31)26-16-7-11-33-12-8-16/h1-4,13-16,25-27H,5-12H2. The van der Waals surface area contributed by atoms with Crippen molar-refractivity contribution in [3.63, 3.8) is 0 Å². The lowest BCUT2D eigenvalue weighted by molar-refractivity contribution is 0.0830. The second-order valence-electron chi connectivity index (χ2n) is 8.88. The highest BCUT2D eigenvalue weighted by molar-refractivity contribution is 7.89. The van der Waals surface area contributed by atoms with Gasteiger partial charge in [0.15, 0.2) is 0 Å². The Morgan fingerprint density at radius 2 is 1.09 bits per heavy atom. The molecule has 12 heteroatoms. The van der Waals surface area contributed by atoms with Crippen LogP contribution in [0.3, 0.4) is 0 Å². The Kier molecular flexibility index (Phi) is 6.68. The summed E-state index contributed by atoms with van der Waals surface area (Å²) in [4.78, 5) is 0.0939. The number of fused-ring (bicyclic) bond motifs is 3. The highest BCUT2D eigenvalue weighted by atomic mass is 32.2. The highest BCUT2D eigenvalue weighted by Crippen LogP contribution is 2.39. The van der Waals surface area contributed by atoms with Crippen molar-refractivity contribution in [1.82, 2.24) is 9.44 Å². The number of oxime groups is 1. The van der Waals surface area contributed by atoms with Gasteiger partial charge in [0.1, 0.15) is 5.71 Å². The Morgan fingerprint density at radius 1 is 0.686 bits per heavy atom. The van der Waals surface area contributed by atoms with E-state index in [9.17, 15) is 22.0 Å². The van der Waals surface area contributed by atoms with Crippen LogP contribution in [0, 0.1) is 0 Å². The van der Waals surface area contributed by atoms with Crippen molar-refractivity contribution < 1.29 is 31.5 Å². The Balaban J connectivity index is 1.44. The van der Waals surface area contributed by atoms with Crippen LogP contribution in [-0.2, 0) is 29.5 Å². The zero-order valence-electron chi connectivity index (χ0n) is 18.9. The van der Waals surface area contributed by atoms with Crippen molar-refractivity contribution in [2.75, 3.05) is 26.4 Å². The van der Waals surface area contributed by atoms with Gasteiger partial charge < -0.3 is 14.7 Å². The summed E-state index contributed by atoms with van der Waals surface area (Å²) >= 11 is 0. The van der Waals surface area contributed by atoms with E-state index in [0.717, 1.165) is 0 Å². The lowest BCUT2D eigenvalue weighted by Gasteiger charge is -2.23. The minimum atomic E-state index is -3.81. The summed E-state index contributed by atoms with van der Waals surface area (Å²) in [5.41, 5.74) is 2.30. The van der Waals surface area contributed by atoms with E-state index < -0.39 is 20.0 Å². The van der Waals surface area contributed by atoms with Gasteiger partial charge in [-0.25, -0.2) is 26.3 Å². The first kappa shape index (κ1) is 24.3. The lowest BCUT2D eigenvalue weighted by atomic mass is 10.1. The molecule has 1 aliphatic carbocycles. The molecule has 35 heavy (non-hydrogen) atoms. The van der Waals surface area contributed by atoms with Crippen molar-refractivity contribution in [3.05, 3.63) is 47.5 Å². The number of hydrogen-bond acceptors (Lipinski definition) is 8. The van der Waals surface area contributed by atoms with Gasteiger partial charge in [0, 0.05) is 49.6 Å². The zero-order valence-corrected chi connectivity index (χ0v) is 20.6. The van der Waals surface area contributed by atoms with E-state index in [1.807, 2.05) is 0 Å². The quantitative estimate of drug-likeness (QED) is 0.332. The van der Waals surface area contributed by atoms with E-state index in [1.54, 1.807) is 12.1 Å². The first-order valence-corrected chi connectivity index (χ1v) is 14.5. The van der Waals surface area contributed by atoms with Crippen molar-refractivity contribution in [2.45, 2.75) is 47.6 Å². The summed E-state index contributed by atoms with van der Waals surface area (Å²) in [7, 11) is -7.61. The van der Waals surface area contributed by atoms with Crippen LogP contribution >= 0.6 is 0 Å². The van der Waals surface area contributed by atoms with E-state index in [2.05, 4.69) is 14.6 Å². The number of benzene rings is 2. The molecule has 0 amide bonds. The number of nitrogens with zero attached hydrogens (tertiary/aromatic N) is 1. The molecule has 2 saturated heterocycles. The number of ether oxygens (including phenoxy) is 2. The molecule has 3 N–H and O–H groups in total. The topological polar surface area (TPSA) is 143 Å². The molecular formula is C23H27N3O7S2. The summed E-state index contributed by atoms with van der Waals surface area (Å²) in [5, 5.41) is 13.2. The minimum absolute atomic E-state index is 0.0470. The fourth-order valence-corrected chi connectivity index (χ4v) is 7.36. The summed E-state index contributed by atoms with van der Waals surface area (Å²) in [6.07, 6.45) is 2.38. The summed E-state index contributed by atoms with van der Waals surface area (Å²) in [6.45, 7) is 2.01. The van der Waals surface area contributed by atoms with Gasteiger partial charge in [0.05, 0.1) is 9.79 Å². The van der Waals surface area contributed by atoms with E-state index in [0.29, 0.717) is 74.4 Å². The Morgan fingerprint density at radius 3 is 1.46 bits per heavy atom. The van der Waals surface area contributed by atoms with Crippen LogP contribution in [-0.4, -0.2) is 66.3 Å². The van der Waals surface area contributed by atoms with Crippen molar-refractivity contribution in [1.29, 1.82) is 0 Å². The van der Waals surface area contributed by atoms with E-state index in [4.69, 9.17) is 9.47 Å². The SMILES string of the molecule is O=S(=O)(NC1CCOCC1)c1ccc2c(c1)C(=NO)c1cc(S(=O)(=O)NC3CCOCC3)ccc1-2. The molecule has 0 spiro atoms. The normalized spacial score (nSPS) is 19.4. The van der Waals surface area contributed by atoms with Gasteiger partial charge in [-0.05, 0) is 61.1 Å². The number of sulfonamides is 2. The lowest BCUT2D eigenvalue weighted by Crippen LogP contribution is -2.38. The number of rotatable bonds is 6. The zero-order chi connectivity index (χ0) is 24.6. The Hall–Kier alpha value is -2.35. The molecule has 0 atom stereocenters. The van der Waals surface area contributed by atoms with E-state index in [1.165, 1.54) is 24.3 Å². The van der Waals surface area contributed by atoms with Crippen LogP contribution in [0.15, 0.2) is 51.3 Å². The smallest absolute Gasteiger partial charge is 0.240 e. The van der Waals surface area contributed by atoms with Crippen LogP contribution in [0.4, 0.5) is 0 Å². The first-order chi connectivity index (χ1) is 16.8. The molecule has 0 aromatic heterocycles. The maximum absolute atomic E-state index is 13.0. The van der Waals surface area contributed by atoms with E-state index in [-0.39, 0.29) is 27.6 Å². The van der Waals surface area contributed by atoms with Gasteiger partial charge >= 0.3 is 0 Å². The fourth-order valence-electron chi connectivity index (χ4n) is 4.70. The molecule has 2 aromatic carbocycles. The first-order valence-electron chi connectivity index (χ1n) is 11.5. The molecule has 2 fully saturated rings. The second kappa shape index (κ2) is 9.60. The molecule has 5 rings (SSSR count). The van der Waals surface area contributed by atoms with Gasteiger partial charge in [0.25, 0.3) is 0 Å². The molecule has 3 aliphatic rings. The van der Waals surface area contributed by atoms with Crippen molar-refractivity contribution in [3.8, 4) is 11.1 Å². The molecule has 2 heterocycles. The third kappa shape index (κ3) is 4.86.